The molecule has 0 rings (SSSR count). The van der Waals surface area contributed by atoms with Gasteiger partial charge in [-0.1, -0.05) is 0 Å². The number of hydrogen-bond acceptors (Lipinski definition) is 4. The SMILES string of the molecule is C=O.N.NC(N)=O.NC(N)=O. The quantitative estimate of drug-likeness (QED) is 0.279. The molecule has 0 aliphatic carbocycles. The van der Waals surface area contributed by atoms with E-state index in [1.807, 2.05) is 6.79 Å². The van der Waals surface area contributed by atoms with Crippen LogP contribution >= 0.6 is 0 Å². The molecule has 68 valence electrons. The second-order valence-electron chi connectivity index (χ2n) is 0.805. The predicted octanol–water partition coefficient (Wildman–Crippen LogP) is -1.98. The second-order valence-corrected chi connectivity index (χ2v) is 0.805. The molecule has 0 aromatic heterocycles. The van der Waals surface area contributed by atoms with E-state index in [9.17, 15) is 0 Å². The number of hydrogen-bond donors (Lipinski definition) is 5. The fourth-order valence-electron chi connectivity index (χ4n) is 0. The van der Waals surface area contributed by atoms with Crippen LogP contribution < -0.4 is 29.1 Å². The number of rotatable bonds is 0. The van der Waals surface area contributed by atoms with Crippen molar-refractivity contribution in [3.05, 3.63) is 0 Å². The van der Waals surface area contributed by atoms with Crippen LogP contribution in [0.3, 0.4) is 0 Å². The van der Waals surface area contributed by atoms with Gasteiger partial charge in [0.15, 0.2) is 0 Å². The average molecular weight is 167 g/mol. The van der Waals surface area contributed by atoms with Crippen molar-refractivity contribution < 1.29 is 14.4 Å². The van der Waals surface area contributed by atoms with Gasteiger partial charge in [0.05, 0.1) is 0 Å². The van der Waals surface area contributed by atoms with Gasteiger partial charge in [-0.05, 0) is 0 Å². The molecule has 11 heavy (non-hydrogen) atoms. The van der Waals surface area contributed by atoms with Crippen LogP contribution in [0.2, 0.25) is 0 Å². The summed E-state index contributed by atoms with van der Waals surface area (Å²) in [6.07, 6.45) is 0. The van der Waals surface area contributed by atoms with Gasteiger partial charge in [-0.25, -0.2) is 9.59 Å². The predicted molar refractivity (Wildman–Crippen MR) is 39.7 cm³/mol. The molecule has 0 radical (unpaired) electrons. The minimum atomic E-state index is -0.833. The van der Waals surface area contributed by atoms with Crippen molar-refractivity contribution in [2.24, 2.45) is 22.9 Å². The van der Waals surface area contributed by atoms with Crippen molar-refractivity contribution in [2.75, 3.05) is 0 Å². The Kier molecular flexibility index (Phi) is 50.3. The van der Waals surface area contributed by atoms with Crippen LogP contribution in [-0.4, -0.2) is 18.9 Å². The third kappa shape index (κ3) is 92.9. The summed E-state index contributed by atoms with van der Waals surface area (Å²) in [6.45, 7) is 2.00. The molecule has 0 aromatic carbocycles. The lowest BCUT2D eigenvalue weighted by molar-refractivity contribution is -0.0979. The maximum atomic E-state index is 9.00. The Balaban J connectivity index is -0.0000000339. The van der Waals surface area contributed by atoms with Crippen LogP contribution in [0.1, 0.15) is 0 Å². The van der Waals surface area contributed by atoms with E-state index in [-0.39, 0.29) is 6.15 Å². The van der Waals surface area contributed by atoms with Crippen LogP contribution in [-0.2, 0) is 4.79 Å². The van der Waals surface area contributed by atoms with Gasteiger partial charge >= 0.3 is 12.1 Å². The molecular weight excluding hydrogens is 154 g/mol. The molecule has 0 fully saturated rings. The lowest BCUT2D eigenvalue weighted by Crippen LogP contribution is -2.18. The average Bonchev–Trinajstić information content (AvgIpc) is 1.66. The zero-order chi connectivity index (χ0) is 9.15. The van der Waals surface area contributed by atoms with Gasteiger partial charge in [0.1, 0.15) is 6.79 Å². The number of urea groups is 2. The normalized spacial score (nSPS) is 4.73. The van der Waals surface area contributed by atoms with E-state index in [2.05, 4.69) is 22.9 Å². The van der Waals surface area contributed by atoms with E-state index in [4.69, 9.17) is 14.4 Å². The molecule has 0 bridgehead atoms. The van der Waals surface area contributed by atoms with Crippen molar-refractivity contribution in [1.29, 1.82) is 0 Å². The highest BCUT2D eigenvalue weighted by Gasteiger charge is 1.61. The summed E-state index contributed by atoms with van der Waals surface area (Å²) in [5, 5.41) is 0. The molecule has 0 saturated carbocycles. The first kappa shape index (κ1) is 22.9. The summed E-state index contributed by atoms with van der Waals surface area (Å²) in [5.41, 5.74) is 17.0. The monoisotopic (exact) mass is 167 g/mol. The fourth-order valence-corrected chi connectivity index (χ4v) is 0. The van der Waals surface area contributed by atoms with Gasteiger partial charge in [-0.2, -0.15) is 0 Å². The maximum absolute atomic E-state index is 9.00. The molecule has 8 nitrogen and oxygen atoms in total. The molecule has 0 aliphatic rings. The van der Waals surface area contributed by atoms with Gasteiger partial charge in [0.25, 0.3) is 0 Å². The highest BCUT2D eigenvalue weighted by atomic mass is 16.2. The van der Waals surface area contributed by atoms with Gasteiger partial charge in [0, 0.05) is 0 Å². The van der Waals surface area contributed by atoms with Gasteiger partial charge in [-0.3, -0.25) is 0 Å². The first-order chi connectivity index (χ1) is 4.46. The zero-order valence-corrected chi connectivity index (χ0v) is 5.95. The third-order valence-electron chi connectivity index (χ3n) is 0. The Morgan fingerprint density at radius 2 is 0.818 bits per heavy atom. The summed E-state index contributed by atoms with van der Waals surface area (Å²) in [4.78, 5) is 26.0. The van der Waals surface area contributed by atoms with Crippen molar-refractivity contribution in [2.45, 2.75) is 0 Å². The molecule has 0 saturated heterocycles. The van der Waals surface area contributed by atoms with E-state index in [1.165, 1.54) is 0 Å². The topological polar surface area (TPSA) is 190 Å². The minimum absolute atomic E-state index is 0. The Bertz CT molecular complexity index is 85.1. The molecule has 11 N–H and O–H groups in total. The Hall–Kier alpha value is -1.83. The molecule has 0 aliphatic heterocycles. The largest absolute Gasteiger partial charge is 0.352 e. The summed E-state index contributed by atoms with van der Waals surface area (Å²) in [7, 11) is 0. The van der Waals surface area contributed by atoms with E-state index >= 15 is 0 Å². The summed E-state index contributed by atoms with van der Waals surface area (Å²) in [6, 6.07) is -1.67. The van der Waals surface area contributed by atoms with E-state index in [0.29, 0.717) is 0 Å². The third-order valence-corrected chi connectivity index (χ3v) is 0. The lowest BCUT2D eigenvalue weighted by Gasteiger charge is -1.62. The zero-order valence-electron chi connectivity index (χ0n) is 5.95. The van der Waals surface area contributed by atoms with Crippen LogP contribution in [0.15, 0.2) is 0 Å². The number of carbonyl (C=O) groups is 3. The summed E-state index contributed by atoms with van der Waals surface area (Å²) in [5.74, 6) is 0. The van der Waals surface area contributed by atoms with Crippen molar-refractivity contribution in [1.82, 2.24) is 6.15 Å². The first-order valence-electron chi connectivity index (χ1n) is 1.85. The van der Waals surface area contributed by atoms with Gasteiger partial charge < -0.3 is 33.9 Å². The maximum Gasteiger partial charge on any atom is 0.309 e. The van der Waals surface area contributed by atoms with Crippen LogP contribution in [0.25, 0.3) is 0 Å². The highest BCUT2D eigenvalue weighted by molar-refractivity contribution is 5.69. The molecule has 0 atom stereocenters. The molecule has 4 amide bonds. The van der Waals surface area contributed by atoms with E-state index in [1.54, 1.807) is 0 Å². The van der Waals surface area contributed by atoms with Crippen LogP contribution in [0, 0.1) is 0 Å². The standard InChI is InChI=1S/2CH4N2O.CH2O.H3N/c2*2-1(3)4;1-2;/h2*(H4,2,3,4);1H2;1H3. The van der Waals surface area contributed by atoms with Crippen molar-refractivity contribution in [3.8, 4) is 0 Å². The fraction of sp³-hybridized carbons (Fsp3) is 0. The molecule has 0 spiro atoms. The highest BCUT2D eigenvalue weighted by Crippen LogP contribution is 1.26. The van der Waals surface area contributed by atoms with Gasteiger partial charge in [0.2, 0.25) is 0 Å². The summed E-state index contributed by atoms with van der Waals surface area (Å²) < 4.78 is 0. The number of primary amides is 4. The molecule has 0 heterocycles. The van der Waals surface area contributed by atoms with Gasteiger partial charge in [-0.15, -0.1) is 0 Å². The van der Waals surface area contributed by atoms with Crippen LogP contribution in [0.5, 0.6) is 0 Å². The van der Waals surface area contributed by atoms with E-state index in [0.717, 1.165) is 0 Å². The second kappa shape index (κ2) is 24.2. The Morgan fingerprint density at radius 3 is 0.818 bits per heavy atom. The molecule has 8 heteroatoms. The molecule has 0 unspecified atom stereocenters. The molecule has 0 aromatic rings. The number of nitrogens with two attached hydrogens (primary N) is 4. The lowest BCUT2D eigenvalue weighted by atomic mass is 11.2. The van der Waals surface area contributed by atoms with Crippen molar-refractivity contribution >= 4 is 18.9 Å². The Morgan fingerprint density at radius 1 is 0.818 bits per heavy atom. The summed E-state index contributed by atoms with van der Waals surface area (Å²) >= 11 is 0. The Labute approximate surface area is 63.5 Å². The number of amides is 4. The molecular formula is C3H13N5O3. The first-order valence-corrected chi connectivity index (χ1v) is 1.85. The van der Waals surface area contributed by atoms with E-state index < -0.39 is 12.1 Å². The van der Waals surface area contributed by atoms with Crippen LogP contribution in [0.4, 0.5) is 9.59 Å². The smallest absolute Gasteiger partial charge is 0.309 e. The number of carbonyl (C=O) groups excluding carboxylic acids is 3. The van der Waals surface area contributed by atoms with Crippen molar-refractivity contribution in [3.63, 3.8) is 0 Å². The minimum Gasteiger partial charge on any atom is -0.352 e.